The molecule has 5 nitrogen and oxygen atoms in total. The van der Waals surface area contributed by atoms with Crippen molar-refractivity contribution in [3.05, 3.63) is 11.4 Å². The molecule has 1 aromatic rings. The number of hydrogen-bond donors (Lipinski definition) is 1. The Morgan fingerprint density at radius 2 is 2.35 bits per heavy atom. The van der Waals surface area contributed by atoms with Gasteiger partial charge in [-0.05, 0) is 19.4 Å². The number of aromatic nitrogens is 3. The zero-order valence-electron chi connectivity index (χ0n) is 9.48. The van der Waals surface area contributed by atoms with Crippen LogP contribution in [0.4, 0.5) is 8.78 Å². The van der Waals surface area contributed by atoms with Crippen LogP contribution in [0.15, 0.2) is 0 Å². The summed E-state index contributed by atoms with van der Waals surface area (Å²) in [6.07, 6.45) is -0.424. The first kappa shape index (κ1) is 12.4. The molecule has 2 rings (SSSR count). The smallest absolute Gasteiger partial charge is 0.281 e. The number of halogens is 2. The van der Waals surface area contributed by atoms with Crippen molar-refractivity contribution >= 4 is 0 Å². The summed E-state index contributed by atoms with van der Waals surface area (Å²) in [6, 6.07) is 0. The topological polar surface area (TPSA) is 66.0 Å². The maximum atomic E-state index is 12.9. The molecule has 1 aliphatic heterocycles. The maximum Gasteiger partial charge on any atom is 0.281 e. The first-order chi connectivity index (χ1) is 8.22. The summed E-state index contributed by atoms with van der Waals surface area (Å²) in [5.41, 5.74) is 5.53. The molecule has 1 aromatic heterocycles. The SMILES string of the molecule is NCCc1nnn(CC2CCCO2)c1C(F)F. The summed E-state index contributed by atoms with van der Waals surface area (Å²) < 4.78 is 32.5. The van der Waals surface area contributed by atoms with Gasteiger partial charge in [0, 0.05) is 13.0 Å². The van der Waals surface area contributed by atoms with E-state index in [2.05, 4.69) is 10.3 Å². The van der Waals surface area contributed by atoms with Gasteiger partial charge < -0.3 is 10.5 Å². The van der Waals surface area contributed by atoms with Crippen molar-refractivity contribution in [3.8, 4) is 0 Å². The molecule has 1 unspecified atom stereocenters. The van der Waals surface area contributed by atoms with Crippen molar-refractivity contribution in [2.75, 3.05) is 13.2 Å². The average molecular weight is 246 g/mol. The summed E-state index contributed by atoms with van der Waals surface area (Å²) in [5.74, 6) is 0. The number of hydrogen-bond acceptors (Lipinski definition) is 4. The van der Waals surface area contributed by atoms with Crippen LogP contribution in [0.2, 0.25) is 0 Å². The molecule has 2 heterocycles. The minimum atomic E-state index is -2.58. The maximum absolute atomic E-state index is 12.9. The lowest BCUT2D eigenvalue weighted by Crippen LogP contribution is -2.18. The fourth-order valence-electron chi connectivity index (χ4n) is 2.03. The molecular weight excluding hydrogens is 230 g/mol. The van der Waals surface area contributed by atoms with Crippen LogP contribution in [-0.2, 0) is 17.7 Å². The number of ether oxygens (including phenoxy) is 1. The van der Waals surface area contributed by atoms with E-state index in [-0.39, 0.29) is 11.8 Å². The Bertz CT molecular complexity index is 363. The summed E-state index contributed by atoms with van der Waals surface area (Å²) in [6.45, 7) is 1.33. The second kappa shape index (κ2) is 5.50. The van der Waals surface area contributed by atoms with E-state index in [9.17, 15) is 8.78 Å². The standard InChI is InChI=1S/C10H16F2N4O/c11-10(12)9-8(3-4-13)14-15-16(9)6-7-2-1-5-17-7/h7,10H,1-6,13H2. The van der Waals surface area contributed by atoms with Gasteiger partial charge in [-0.2, -0.15) is 0 Å². The predicted molar refractivity (Wildman–Crippen MR) is 56.7 cm³/mol. The fourth-order valence-corrected chi connectivity index (χ4v) is 2.03. The van der Waals surface area contributed by atoms with Crippen LogP contribution in [-0.4, -0.2) is 34.2 Å². The molecule has 96 valence electrons. The lowest BCUT2D eigenvalue weighted by atomic mass is 10.2. The molecule has 0 bridgehead atoms. The van der Waals surface area contributed by atoms with E-state index in [1.54, 1.807) is 0 Å². The quantitative estimate of drug-likeness (QED) is 0.838. The highest BCUT2D eigenvalue weighted by Crippen LogP contribution is 2.23. The largest absolute Gasteiger partial charge is 0.376 e. The Morgan fingerprint density at radius 1 is 1.53 bits per heavy atom. The summed E-state index contributed by atoms with van der Waals surface area (Å²) in [7, 11) is 0. The molecule has 1 atom stereocenters. The van der Waals surface area contributed by atoms with E-state index in [1.165, 1.54) is 4.68 Å². The van der Waals surface area contributed by atoms with Crippen molar-refractivity contribution in [3.63, 3.8) is 0 Å². The van der Waals surface area contributed by atoms with Gasteiger partial charge >= 0.3 is 0 Å². The van der Waals surface area contributed by atoms with Gasteiger partial charge in [0.25, 0.3) is 6.43 Å². The lowest BCUT2D eigenvalue weighted by molar-refractivity contribution is 0.0850. The van der Waals surface area contributed by atoms with Gasteiger partial charge in [0.1, 0.15) is 5.69 Å². The molecular formula is C10H16F2N4O. The third-order valence-corrected chi connectivity index (χ3v) is 2.84. The first-order valence-electron chi connectivity index (χ1n) is 5.74. The van der Waals surface area contributed by atoms with Crippen LogP contribution in [0, 0.1) is 0 Å². The van der Waals surface area contributed by atoms with Crippen LogP contribution in [0.25, 0.3) is 0 Å². The van der Waals surface area contributed by atoms with Gasteiger partial charge in [0.15, 0.2) is 0 Å². The van der Waals surface area contributed by atoms with E-state index in [4.69, 9.17) is 10.5 Å². The molecule has 1 fully saturated rings. The second-order valence-electron chi connectivity index (χ2n) is 4.08. The summed E-state index contributed by atoms with van der Waals surface area (Å²) in [4.78, 5) is 0. The van der Waals surface area contributed by atoms with Gasteiger partial charge in [0.2, 0.25) is 0 Å². The Hall–Kier alpha value is -1.08. The Balaban J connectivity index is 2.14. The number of nitrogens with two attached hydrogens (primary N) is 1. The van der Waals surface area contributed by atoms with Crippen molar-refractivity contribution in [1.82, 2.24) is 15.0 Å². The Morgan fingerprint density at radius 3 is 2.94 bits per heavy atom. The van der Waals surface area contributed by atoms with Gasteiger partial charge in [-0.1, -0.05) is 5.21 Å². The molecule has 0 amide bonds. The second-order valence-corrected chi connectivity index (χ2v) is 4.08. The zero-order valence-corrected chi connectivity index (χ0v) is 9.48. The van der Waals surface area contributed by atoms with Crippen LogP contribution in [0.1, 0.15) is 30.7 Å². The molecule has 0 aromatic carbocycles. The van der Waals surface area contributed by atoms with Gasteiger partial charge in [-0.15, -0.1) is 5.10 Å². The highest BCUT2D eigenvalue weighted by Gasteiger charge is 2.24. The third kappa shape index (κ3) is 2.78. The number of nitrogens with zero attached hydrogens (tertiary/aromatic N) is 3. The molecule has 0 saturated carbocycles. The Labute approximate surface area is 97.9 Å². The Kier molecular flexibility index (Phi) is 4.01. The lowest BCUT2D eigenvalue weighted by Gasteiger charge is -2.11. The normalized spacial score (nSPS) is 20.4. The van der Waals surface area contributed by atoms with Crippen LogP contribution in [0.5, 0.6) is 0 Å². The number of rotatable bonds is 5. The van der Waals surface area contributed by atoms with E-state index in [0.717, 1.165) is 12.8 Å². The molecule has 0 radical (unpaired) electrons. The van der Waals surface area contributed by atoms with E-state index >= 15 is 0 Å². The first-order valence-corrected chi connectivity index (χ1v) is 5.74. The average Bonchev–Trinajstić information content (AvgIpc) is 2.89. The molecule has 1 saturated heterocycles. The monoisotopic (exact) mass is 246 g/mol. The predicted octanol–water partition coefficient (Wildman–Crippen LogP) is 0.896. The summed E-state index contributed by atoms with van der Waals surface area (Å²) in [5, 5.41) is 7.54. The van der Waals surface area contributed by atoms with Crippen molar-refractivity contribution < 1.29 is 13.5 Å². The van der Waals surface area contributed by atoms with E-state index in [1.807, 2.05) is 0 Å². The number of alkyl halides is 2. The zero-order chi connectivity index (χ0) is 12.3. The van der Waals surface area contributed by atoms with E-state index < -0.39 is 6.43 Å². The van der Waals surface area contributed by atoms with Crippen LogP contribution >= 0.6 is 0 Å². The minimum Gasteiger partial charge on any atom is -0.376 e. The van der Waals surface area contributed by atoms with Crippen molar-refractivity contribution in [1.29, 1.82) is 0 Å². The molecule has 1 aliphatic rings. The highest BCUT2D eigenvalue weighted by atomic mass is 19.3. The van der Waals surface area contributed by atoms with Gasteiger partial charge in [0.05, 0.1) is 18.3 Å². The van der Waals surface area contributed by atoms with Gasteiger partial charge in [-0.25, -0.2) is 13.5 Å². The molecule has 2 N–H and O–H groups in total. The van der Waals surface area contributed by atoms with Crippen LogP contribution in [0.3, 0.4) is 0 Å². The molecule has 0 aliphatic carbocycles. The third-order valence-electron chi connectivity index (χ3n) is 2.84. The molecule has 7 heteroatoms. The van der Waals surface area contributed by atoms with Crippen molar-refractivity contribution in [2.24, 2.45) is 5.73 Å². The van der Waals surface area contributed by atoms with Crippen LogP contribution < -0.4 is 5.73 Å². The minimum absolute atomic E-state index is 0.0278. The highest BCUT2D eigenvalue weighted by molar-refractivity contribution is 5.12. The van der Waals surface area contributed by atoms with E-state index in [0.29, 0.717) is 31.8 Å². The van der Waals surface area contributed by atoms with Gasteiger partial charge in [-0.3, -0.25) is 0 Å². The summed E-state index contributed by atoms with van der Waals surface area (Å²) >= 11 is 0. The fraction of sp³-hybridized carbons (Fsp3) is 0.800. The molecule has 17 heavy (non-hydrogen) atoms. The van der Waals surface area contributed by atoms with Crippen molar-refractivity contribution in [2.45, 2.75) is 38.3 Å². The molecule has 0 spiro atoms.